The molecule has 2 atom stereocenters. The zero-order valence-electron chi connectivity index (χ0n) is 22.2. The van der Waals surface area contributed by atoms with Crippen molar-refractivity contribution in [2.24, 2.45) is 0 Å². The maximum absolute atomic E-state index is 11.3. The summed E-state index contributed by atoms with van der Waals surface area (Å²) < 4.78 is 16.0. The third-order valence-corrected chi connectivity index (χ3v) is 6.60. The van der Waals surface area contributed by atoms with Crippen molar-refractivity contribution in [3.63, 3.8) is 0 Å². The Morgan fingerprint density at radius 1 is 0.788 bits per heavy atom. The van der Waals surface area contributed by atoms with Crippen LogP contribution < -0.4 is 0 Å². The molecule has 6 nitrogen and oxygen atoms in total. The average Bonchev–Trinajstić information content (AvgIpc) is 2.76. The van der Waals surface area contributed by atoms with Crippen LogP contribution >= 0.6 is 8.60 Å². The number of carbonyl (C=O) groups is 1. The maximum atomic E-state index is 11.3. The van der Waals surface area contributed by atoms with Crippen LogP contribution in [-0.2, 0) is 18.6 Å². The Balaban J connectivity index is 3.58. The molecule has 0 amide bonds. The van der Waals surface area contributed by atoms with E-state index in [-0.39, 0.29) is 18.7 Å². The average molecular weight is 492 g/mol. The molecule has 1 N–H and O–H groups in total. The summed E-state index contributed by atoms with van der Waals surface area (Å²) in [5, 5.41) is 0. The highest BCUT2D eigenvalue weighted by Gasteiger charge is 2.16. The van der Waals surface area contributed by atoms with E-state index in [9.17, 15) is 9.69 Å². The van der Waals surface area contributed by atoms with Crippen LogP contribution in [0.1, 0.15) is 123 Å². The van der Waals surface area contributed by atoms with Crippen molar-refractivity contribution in [2.75, 3.05) is 33.9 Å². The van der Waals surface area contributed by atoms with E-state index >= 15 is 0 Å². The van der Waals surface area contributed by atoms with Crippen molar-refractivity contribution in [1.82, 2.24) is 4.90 Å². The minimum atomic E-state index is -1.93. The second kappa shape index (κ2) is 24.9. The third kappa shape index (κ3) is 26.2. The van der Waals surface area contributed by atoms with Gasteiger partial charge >= 0.3 is 14.6 Å². The van der Waals surface area contributed by atoms with Crippen LogP contribution in [0.25, 0.3) is 0 Å². The highest BCUT2D eigenvalue weighted by atomic mass is 31.2. The first kappa shape index (κ1) is 32.7. The lowest BCUT2D eigenvalue weighted by molar-refractivity contribution is -0.148. The molecule has 0 aromatic heterocycles. The Bertz CT molecular complexity index is 425. The number of esters is 1. The number of unbranched alkanes of at least 4 members (excludes halogenated alkanes) is 15. The van der Waals surface area contributed by atoms with Gasteiger partial charge in [-0.25, -0.2) is 0 Å². The molecule has 0 bridgehead atoms. The predicted molar refractivity (Wildman–Crippen MR) is 139 cm³/mol. The quantitative estimate of drug-likeness (QED) is 0.0816. The monoisotopic (exact) mass is 491 g/mol. The molecule has 0 aromatic rings. The molecule has 0 saturated heterocycles. The first-order valence-electron chi connectivity index (χ1n) is 13.5. The highest BCUT2D eigenvalue weighted by Crippen LogP contribution is 2.33. The summed E-state index contributed by atoms with van der Waals surface area (Å²) in [6.07, 6.45) is 21.8. The van der Waals surface area contributed by atoms with E-state index in [4.69, 9.17) is 13.8 Å². The molecule has 33 heavy (non-hydrogen) atoms. The molecule has 0 aliphatic heterocycles. The topological polar surface area (TPSA) is 68.2 Å². The number of nitrogens with zero attached hydrogens (tertiary/aromatic N) is 1. The molecule has 0 fully saturated rings. The summed E-state index contributed by atoms with van der Waals surface area (Å²) in [4.78, 5) is 23.1. The molecule has 0 aliphatic carbocycles. The molecular formula is C26H54NO5P. The fourth-order valence-corrected chi connectivity index (χ4v) is 4.42. The van der Waals surface area contributed by atoms with Crippen LogP contribution in [0.15, 0.2) is 0 Å². The first-order valence-corrected chi connectivity index (χ1v) is 14.7. The summed E-state index contributed by atoms with van der Waals surface area (Å²) in [6, 6.07) is 0. The second-order valence-corrected chi connectivity index (χ2v) is 10.5. The molecule has 0 saturated carbocycles. The van der Waals surface area contributed by atoms with Gasteiger partial charge in [-0.2, -0.15) is 0 Å². The standard InChI is InChI=1S/C26H54NO5P/c1-5-6-7-8-9-10-11-12-13-14-15-16-17-18-19-20-21-26(32-25(2)28)24-31-33(29)30-23-22-27(3)4/h26,29H,5-24H2,1-4H3. The third-order valence-electron chi connectivity index (χ3n) is 5.82. The van der Waals surface area contributed by atoms with E-state index in [2.05, 4.69) is 6.92 Å². The molecule has 2 unspecified atom stereocenters. The van der Waals surface area contributed by atoms with Gasteiger partial charge in [-0.1, -0.05) is 103 Å². The Morgan fingerprint density at radius 3 is 1.67 bits per heavy atom. The second-order valence-electron chi connectivity index (χ2n) is 9.49. The lowest BCUT2D eigenvalue weighted by Gasteiger charge is -2.19. The van der Waals surface area contributed by atoms with Gasteiger partial charge in [0.2, 0.25) is 0 Å². The summed E-state index contributed by atoms with van der Waals surface area (Å²) >= 11 is 0. The number of hydrogen-bond donors (Lipinski definition) is 1. The lowest BCUT2D eigenvalue weighted by atomic mass is 10.0. The Labute approximate surface area is 206 Å². The zero-order chi connectivity index (χ0) is 24.6. The van der Waals surface area contributed by atoms with Gasteiger partial charge in [0.05, 0.1) is 13.2 Å². The van der Waals surface area contributed by atoms with E-state index in [0.717, 1.165) is 25.8 Å². The van der Waals surface area contributed by atoms with Crippen LogP contribution in [0.2, 0.25) is 0 Å². The Morgan fingerprint density at radius 2 is 1.24 bits per heavy atom. The molecule has 0 spiro atoms. The largest absolute Gasteiger partial charge is 0.460 e. The van der Waals surface area contributed by atoms with Crippen LogP contribution in [0.4, 0.5) is 0 Å². The minimum absolute atomic E-state index is 0.183. The summed E-state index contributed by atoms with van der Waals surface area (Å²) in [6.45, 7) is 5.00. The molecule has 0 radical (unpaired) electrons. The molecule has 0 aromatic carbocycles. The van der Waals surface area contributed by atoms with Gasteiger partial charge in [0, 0.05) is 13.5 Å². The van der Waals surface area contributed by atoms with Crippen LogP contribution in [0.5, 0.6) is 0 Å². The Hall–Kier alpha value is -0.260. The summed E-state index contributed by atoms with van der Waals surface area (Å²) in [5.74, 6) is -0.309. The number of carbonyl (C=O) groups excluding carboxylic acids is 1. The smallest absolute Gasteiger partial charge is 0.330 e. The fraction of sp³-hybridized carbons (Fsp3) is 0.962. The summed E-state index contributed by atoms with van der Waals surface area (Å²) in [7, 11) is 1.96. The van der Waals surface area contributed by atoms with Crippen molar-refractivity contribution in [1.29, 1.82) is 0 Å². The molecule has 7 heteroatoms. The van der Waals surface area contributed by atoms with Gasteiger partial charge in [0.15, 0.2) is 0 Å². The van der Waals surface area contributed by atoms with Crippen LogP contribution in [-0.4, -0.2) is 55.7 Å². The number of likely N-dealkylation sites (N-methyl/N-ethyl adjacent to an activating group) is 1. The molecule has 0 aliphatic rings. The van der Waals surface area contributed by atoms with Crippen LogP contribution in [0.3, 0.4) is 0 Å². The number of ether oxygens (including phenoxy) is 1. The maximum Gasteiger partial charge on any atom is 0.330 e. The molecular weight excluding hydrogens is 437 g/mol. The molecule has 0 heterocycles. The highest BCUT2D eigenvalue weighted by molar-refractivity contribution is 7.40. The van der Waals surface area contributed by atoms with Crippen molar-refractivity contribution >= 4 is 14.6 Å². The molecule has 0 rings (SSSR count). The van der Waals surface area contributed by atoms with E-state index in [1.807, 2.05) is 19.0 Å². The minimum Gasteiger partial charge on any atom is -0.460 e. The van der Waals surface area contributed by atoms with E-state index in [1.54, 1.807) is 0 Å². The van der Waals surface area contributed by atoms with E-state index in [1.165, 1.54) is 96.8 Å². The van der Waals surface area contributed by atoms with Gasteiger partial charge in [-0.05, 0) is 26.9 Å². The number of rotatable bonds is 25. The fourth-order valence-electron chi connectivity index (χ4n) is 3.82. The van der Waals surface area contributed by atoms with Gasteiger partial charge in [-0.3, -0.25) is 4.79 Å². The van der Waals surface area contributed by atoms with Gasteiger partial charge in [0.1, 0.15) is 6.10 Å². The molecule has 198 valence electrons. The van der Waals surface area contributed by atoms with Gasteiger partial charge < -0.3 is 23.6 Å². The Kier molecular flexibility index (Phi) is 24.7. The normalized spacial score (nSPS) is 13.4. The first-order chi connectivity index (χ1) is 16.0. The zero-order valence-corrected chi connectivity index (χ0v) is 23.1. The van der Waals surface area contributed by atoms with Crippen molar-refractivity contribution in [2.45, 2.75) is 129 Å². The van der Waals surface area contributed by atoms with Crippen LogP contribution in [0, 0.1) is 0 Å². The SMILES string of the molecule is CCCCCCCCCCCCCCCCCCC(COP(O)OCCN(C)C)OC(C)=O. The lowest BCUT2D eigenvalue weighted by Crippen LogP contribution is -2.22. The predicted octanol–water partition coefficient (Wildman–Crippen LogP) is 7.38. The van der Waals surface area contributed by atoms with Gasteiger partial charge in [-0.15, -0.1) is 0 Å². The van der Waals surface area contributed by atoms with E-state index < -0.39 is 8.60 Å². The summed E-state index contributed by atoms with van der Waals surface area (Å²) in [5.41, 5.74) is 0. The number of hydrogen-bond acceptors (Lipinski definition) is 6. The van der Waals surface area contributed by atoms with Gasteiger partial charge in [0.25, 0.3) is 0 Å². The van der Waals surface area contributed by atoms with Crippen molar-refractivity contribution in [3.8, 4) is 0 Å². The van der Waals surface area contributed by atoms with E-state index in [0.29, 0.717) is 6.61 Å². The van der Waals surface area contributed by atoms with Crippen molar-refractivity contribution in [3.05, 3.63) is 0 Å². The van der Waals surface area contributed by atoms with Crippen molar-refractivity contribution < 1.29 is 23.5 Å².